The molecule has 26 heavy (non-hydrogen) atoms. The minimum atomic E-state index is -0.646. The van der Waals surface area contributed by atoms with E-state index in [0.717, 1.165) is 0 Å². The molecule has 1 N–H and O–H groups in total. The van der Waals surface area contributed by atoms with Crippen molar-refractivity contribution in [3.05, 3.63) is 5.89 Å². The number of aromatic nitrogens is 2. The maximum atomic E-state index is 12.9. The second kappa shape index (κ2) is 7.33. The molecule has 1 aromatic heterocycles. The molecular weight excluding hydrogens is 350 g/mol. The van der Waals surface area contributed by atoms with Crippen molar-refractivity contribution in [2.75, 3.05) is 0 Å². The van der Waals surface area contributed by atoms with Gasteiger partial charge in [0, 0.05) is 11.2 Å². The zero-order valence-corrected chi connectivity index (χ0v) is 17.9. The highest BCUT2D eigenvalue weighted by Gasteiger charge is 2.68. The van der Waals surface area contributed by atoms with Gasteiger partial charge in [0.05, 0.1) is 6.04 Å². The van der Waals surface area contributed by atoms with Gasteiger partial charge in [-0.2, -0.15) is 0 Å². The fraction of sp³-hybridized carbons (Fsp3) is 0.789. The van der Waals surface area contributed by atoms with Gasteiger partial charge in [0.1, 0.15) is 0 Å². The predicted octanol–water partition coefficient (Wildman–Crippen LogP) is 3.97. The van der Waals surface area contributed by atoms with E-state index >= 15 is 0 Å². The number of nitrogens with one attached hydrogen (secondary N) is 1. The smallest absolute Gasteiger partial charge is 0.286 e. The Hall–Kier alpha value is -1.37. The Labute approximate surface area is 160 Å². The Morgan fingerprint density at radius 2 is 1.69 bits per heavy atom. The Bertz CT molecular complexity index is 665. The molecule has 1 atom stereocenters. The first kappa shape index (κ1) is 20.9. The number of ketones is 1. The summed E-state index contributed by atoms with van der Waals surface area (Å²) in [6.45, 7) is 16.4. The Balaban J connectivity index is 2.13. The lowest BCUT2D eigenvalue weighted by atomic mass is 9.99. The van der Waals surface area contributed by atoms with E-state index in [1.807, 2.05) is 27.7 Å². The van der Waals surface area contributed by atoms with Crippen LogP contribution in [0.4, 0.5) is 0 Å². The second-order valence-corrected chi connectivity index (χ2v) is 10.5. The van der Waals surface area contributed by atoms with E-state index in [2.05, 4.69) is 43.2 Å². The van der Waals surface area contributed by atoms with Gasteiger partial charge in [0.15, 0.2) is 0 Å². The Kier molecular flexibility index (Phi) is 5.90. The third kappa shape index (κ3) is 4.13. The topological polar surface area (TPSA) is 85.1 Å². The lowest BCUT2D eigenvalue weighted by Crippen LogP contribution is -2.43. The van der Waals surface area contributed by atoms with Gasteiger partial charge in [-0.1, -0.05) is 67.2 Å². The van der Waals surface area contributed by atoms with Crippen LogP contribution in [0, 0.1) is 22.7 Å². The number of carbonyl (C=O) groups is 2. The molecule has 0 radical (unpaired) electrons. The molecule has 1 fully saturated rings. The first-order valence-corrected chi connectivity index (χ1v) is 10.1. The molecule has 146 valence electrons. The van der Waals surface area contributed by atoms with Gasteiger partial charge in [0.25, 0.3) is 11.1 Å². The molecule has 1 unspecified atom stereocenters. The highest BCUT2D eigenvalue weighted by atomic mass is 32.2. The van der Waals surface area contributed by atoms with Crippen molar-refractivity contribution in [1.82, 2.24) is 15.5 Å². The van der Waals surface area contributed by atoms with Gasteiger partial charge in [0.2, 0.25) is 11.7 Å². The molecule has 1 aliphatic rings. The van der Waals surface area contributed by atoms with E-state index in [9.17, 15) is 9.59 Å². The molecule has 1 aliphatic carbocycles. The van der Waals surface area contributed by atoms with Crippen LogP contribution in [0.2, 0.25) is 0 Å². The van der Waals surface area contributed by atoms with Gasteiger partial charge in [-0.25, -0.2) is 0 Å². The molecule has 1 aromatic rings. The Morgan fingerprint density at radius 3 is 2.15 bits per heavy atom. The molecule has 0 aromatic carbocycles. The number of hydrogen-bond acceptors (Lipinski definition) is 6. The Morgan fingerprint density at radius 1 is 1.12 bits per heavy atom. The molecular formula is C19H31N3O3S. The number of Topliss-reactive ketones (excluding diaryl/α,β-unsaturated/α-hetero) is 1. The quantitative estimate of drug-likeness (QED) is 0.542. The minimum absolute atomic E-state index is 0.0339. The zero-order valence-electron chi connectivity index (χ0n) is 17.0. The summed E-state index contributed by atoms with van der Waals surface area (Å²) in [6, 6.07) is -0.646. The van der Waals surface area contributed by atoms with Crippen LogP contribution in [0.5, 0.6) is 0 Å². The molecule has 1 heterocycles. The van der Waals surface area contributed by atoms with Crippen molar-refractivity contribution in [3.8, 4) is 0 Å². The lowest BCUT2D eigenvalue weighted by Gasteiger charge is -2.18. The van der Waals surface area contributed by atoms with Crippen molar-refractivity contribution < 1.29 is 14.0 Å². The zero-order chi connectivity index (χ0) is 19.9. The van der Waals surface area contributed by atoms with Gasteiger partial charge in [-0.05, 0) is 23.2 Å². The van der Waals surface area contributed by atoms with E-state index in [-0.39, 0.29) is 45.5 Å². The maximum Gasteiger partial charge on any atom is 0.286 e. The third-order valence-electron chi connectivity index (χ3n) is 5.58. The predicted molar refractivity (Wildman–Crippen MR) is 102 cm³/mol. The highest BCUT2D eigenvalue weighted by molar-refractivity contribution is 7.99. The van der Waals surface area contributed by atoms with Crippen LogP contribution >= 0.6 is 11.8 Å². The average Bonchev–Trinajstić information content (AvgIpc) is 2.79. The van der Waals surface area contributed by atoms with E-state index in [1.165, 1.54) is 11.8 Å². The normalized spacial score (nSPS) is 19.6. The molecule has 6 nitrogen and oxygen atoms in total. The summed E-state index contributed by atoms with van der Waals surface area (Å²) in [5, 5.41) is 11.4. The van der Waals surface area contributed by atoms with E-state index in [0.29, 0.717) is 11.6 Å². The van der Waals surface area contributed by atoms with Crippen LogP contribution in [-0.4, -0.2) is 33.2 Å². The van der Waals surface area contributed by atoms with E-state index < -0.39 is 6.04 Å². The first-order valence-electron chi connectivity index (χ1n) is 9.22. The fourth-order valence-electron chi connectivity index (χ4n) is 3.52. The van der Waals surface area contributed by atoms with Crippen LogP contribution in [0.1, 0.15) is 72.5 Å². The van der Waals surface area contributed by atoms with Crippen LogP contribution in [0.15, 0.2) is 9.64 Å². The van der Waals surface area contributed by atoms with Gasteiger partial charge in [-0.15, -0.1) is 10.2 Å². The monoisotopic (exact) mass is 381 g/mol. The number of rotatable bonds is 8. The number of hydrogen-bond donors (Lipinski definition) is 1. The highest BCUT2D eigenvalue weighted by Crippen LogP contribution is 2.68. The van der Waals surface area contributed by atoms with Crippen molar-refractivity contribution >= 4 is 23.5 Å². The molecule has 0 saturated heterocycles. The summed E-state index contributed by atoms with van der Waals surface area (Å²) in [5.41, 5.74) is -0.151. The first-order chi connectivity index (χ1) is 11.9. The summed E-state index contributed by atoms with van der Waals surface area (Å²) in [4.78, 5) is 25.6. The largest absolute Gasteiger partial charge is 0.408 e. The van der Waals surface area contributed by atoms with E-state index in [1.54, 1.807) is 0 Å². The van der Waals surface area contributed by atoms with Crippen LogP contribution in [0.3, 0.4) is 0 Å². The van der Waals surface area contributed by atoms with Crippen LogP contribution < -0.4 is 5.32 Å². The molecule has 2 rings (SSSR count). The summed E-state index contributed by atoms with van der Waals surface area (Å²) in [6.07, 6.45) is 0.535. The molecule has 0 bridgehead atoms. The lowest BCUT2D eigenvalue weighted by molar-refractivity contribution is -0.124. The molecule has 0 spiro atoms. The van der Waals surface area contributed by atoms with Crippen LogP contribution in [-0.2, 0) is 4.79 Å². The standard InChI is InChI=1S/C19H31N3O3S/c1-10(2)9-12(20-15(24)14-18(5,6)19(14,7)8)13(23)16-21-22-17(25-16)26-11(3)4/h10-12,14H,9H2,1-8H3,(H,20,24). The van der Waals surface area contributed by atoms with Gasteiger partial charge in [-0.3, -0.25) is 9.59 Å². The van der Waals surface area contributed by atoms with E-state index in [4.69, 9.17) is 4.42 Å². The molecule has 1 saturated carbocycles. The van der Waals surface area contributed by atoms with Gasteiger partial charge < -0.3 is 9.73 Å². The molecule has 7 heteroatoms. The van der Waals surface area contributed by atoms with Crippen molar-refractivity contribution in [2.24, 2.45) is 22.7 Å². The second-order valence-electron chi connectivity index (χ2n) is 8.97. The van der Waals surface area contributed by atoms with Crippen molar-refractivity contribution in [3.63, 3.8) is 0 Å². The third-order valence-corrected chi connectivity index (χ3v) is 6.41. The summed E-state index contributed by atoms with van der Waals surface area (Å²) in [7, 11) is 0. The van der Waals surface area contributed by atoms with Crippen LogP contribution in [0.25, 0.3) is 0 Å². The van der Waals surface area contributed by atoms with Crippen molar-refractivity contribution in [2.45, 2.75) is 78.3 Å². The number of nitrogens with zero attached hydrogens (tertiary/aromatic N) is 2. The number of amides is 1. The summed E-state index contributed by atoms with van der Waals surface area (Å²) in [5.74, 6) is -0.278. The molecule has 1 amide bonds. The number of carbonyl (C=O) groups excluding carboxylic acids is 2. The average molecular weight is 382 g/mol. The maximum absolute atomic E-state index is 12.9. The summed E-state index contributed by atoms with van der Waals surface area (Å²) >= 11 is 1.41. The van der Waals surface area contributed by atoms with Gasteiger partial charge >= 0.3 is 0 Å². The van der Waals surface area contributed by atoms with Crippen molar-refractivity contribution in [1.29, 1.82) is 0 Å². The fourth-order valence-corrected chi connectivity index (χ4v) is 4.14. The number of thioether (sulfide) groups is 1. The SMILES string of the molecule is CC(C)CC(NC(=O)C1C(C)(C)C1(C)C)C(=O)c1nnc(SC(C)C)o1. The minimum Gasteiger partial charge on any atom is -0.408 e. The summed E-state index contributed by atoms with van der Waals surface area (Å²) < 4.78 is 5.50. The molecule has 0 aliphatic heterocycles.